The van der Waals surface area contributed by atoms with Crippen molar-refractivity contribution in [1.29, 1.82) is 0 Å². The van der Waals surface area contributed by atoms with E-state index in [0.717, 1.165) is 22.0 Å². The van der Waals surface area contributed by atoms with Gasteiger partial charge in [-0.1, -0.05) is 42.5 Å². The minimum absolute atomic E-state index is 0.190. The molecule has 134 valence electrons. The fraction of sp³-hybridized carbons (Fsp3) is 0.190. The molecule has 5 heteroatoms. The maximum Gasteiger partial charge on any atom is 0.319 e. The quantitative estimate of drug-likeness (QED) is 0.699. The summed E-state index contributed by atoms with van der Waals surface area (Å²) in [4.78, 5) is 12.4. The van der Waals surface area contributed by atoms with E-state index in [2.05, 4.69) is 10.6 Å². The van der Waals surface area contributed by atoms with Gasteiger partial charge in [0, 0.05) is 5.39 Å². The number of nitrogens with one attached hydrogen (secondary N) is 2. The molecule has 0 aliphatic carbocycles. The number of methoxy groups -OCH3 is 2. The fourth-order valence-corrected chi connectivity index (χ4v) is 2.89. The van der Waals surface area contributed by atoms with Crippen molar-refractivity contribution in [1.82, 2.24) is 5.32 Å². The number of hydrogen-bond donors (Lipinski definition) is 2. The summed E-state index contributed by atoms with van der Waals surface area (Å²) in [6.07, 6.45) is 0. The predicted molar refractivity (Wildman–Crippen MR) is 104 cm³/mol. The smallest absolute Gasteiger partial charge is 0.319 e. The van der Waals surface area contributed by atoms with E-state index < -0.39 is 0 Å². The molecule has 0 bridgehead atoms. The summed E-state index contributed by atoms with van der Waals surface area (Å²) >= 11 is 0. The van der Waals surface area contributed by atoms with E-state index in [4.69, 9.17) is 9.47 Å². The number of fused-ring (bicyclic) bond motifs is 1. The maximum absolute atomic E-state index is 12.4. The van der Waals surface area contributed by atoms with Crippen LogP contribution in [0.4, 0.5) is 10.5 Å². The monoisotopic (exact) mass is 350 g/mol. The molecule has 0 fully saturated rings. The third kappa shape index (κ3) is 3.72. The molecule has 0 aliphatic heterocycles. The summed E-state index contributed by atoms with van der Waals surface area (Å²) in [7, 11) is 3.18. The zero-order valence-corrected chi connectivity index (χ0v) is 15.1. The van der Waals surface area contributed by atoms with Gasteiger partial charge in [-0.05, 0) is 36.1 Å². The largest absolute Gasteiger partial charge is 0.493 e. The summed E-state index contributed by atoms with van der Waals surface area (Å²) < 4.78 is 10.6. The molecule has 2 amide bonds. The number of hydrogen-bond acceptors (Lipinski definition) is 3. The molecule has 1 unspecified atom stereocenters. The van der Waals surface area contributed by atoms with Crippen LogP contribution in [0.3, 0.4) is 0 Å². The minimum Gasteiger partial charge on any atom is -0.493 e. The van der Waals surface area contributed by atoms with Crippen molar-refractivity contribution < 1.29 is 14.3 Å². The van der Waals surface area contributed by atoms with Gasteiger partial charge in [0.05, 0.1) is 25.9 Å². The number of rotatable bonds is 5. The van der Waals surface area contributed by atoms with Crippen LogP contribution in [0.2, 0.25) is 0 Å². The van der Waals surface area contributed by atoms with Crippen LogP contribution in [0, 0.1) is 0 Å². The number of urea groups is 1. The lowest BCUT2D eigenvalue weighted by atomic mass is 10.1. The zero-order chi connectivity index (χ0) is 18.5. The van der Waals surface area contributed by atoms with Crippen molar-refractivity contribution in [2.45, 2.75) is 13.0 Å². The van der Waals surface area contributed by atoms with Gasteiger partial charge in [-0.3, -0.25) is 0 Å². The van der Waals surface area contributed by atoms with E-state index in [1.54, 1.807) is 14.2 Å². The van der Waals surface area contributed by atoms with Crippen LogP contribution in [-0.4, -0.2) is 20.3 Å². The van der Waals surface area contributed by atoms with Gasteiger partial charge in [0.1, 0.15) is 0 Å². The normalized spacial score (nSPS) is 11.7. The van der Waals surface area contributed by atoms with Crippen molar-refractivity contribution in [3.05, 3.63) is 66.2 Å². The zero-order valence-electron chi connectivity index (χ0n) is 15.1. The second-order valence-corrected chi connectivity index (χ2v) is 5.96. The van der Waals surface area contributed by atoms with Crippen LogP contribution in [0.5, 0.6) is 11.5 Å². The van der Waals surface area contributed by atoms with Gasteiger partial charge in [0.25, 0.3) is 0 Å². The van der Waals surface area contributed by atoms with Crippen LogP contribution in [0.25, 0.3) is 10.8 Å². The van der Waals surface area contributed by atoms with Gasteiger partial charge >= 0.3 is 6.03 Å². The number of amides is 2. The fourth-order valence-electron chi connectivity index (χ4n) is 2.89. The van der Waals surface area contributed by atoms with Crippen LogP contribution in [0.1, 0.15) is 18.5 Å². The standard InChI is InChI=1S/C21H22N2O3/c1-14(16-11-12-19(25-2)20(13-16)26-3)22-21(24)23-18-10-6-8-15-7-4-5-9-17(15)18/h4-14H,1-3H3,(H2,22,23,24). The Bertz CT molecular complexity index is 919. The second kappa shape index (κ2) is 7.78. The number of carbonyl (C=O) groups is 1. The highest BCUT2D eigenvalue weighted by molar-refractivity contribution is 6.01. The third-order valence-corrected chi connectivity index (χ3v) is 4.29. The topological polar surface area (TPSA) is 59.6 Å². The second-order valence-electron chi connectivity index (χ2n) is 5.96. The Morgan fingerprint density at radius 2 is 1.65 bits per heavy atom. The molecule has 2 N–H and O–H groups in total. The van der Waals surface area contributed by atoms with Gasteiger partial charge in [-0.15, -0.1) is 0 Å². The lowest BCUT2D eigenvalue weighted by Gasteiger charge is -2.17. The van der Waals surface area contributed by atoms with Gasteiger partial charge in [-0.2, -0.15) is 0 Å². The van der Waals surface area contributed by atoms with E-state index in [0.29, 0.717) is 11.5 Å². The molecule has 0 saturated heterocycles. The van der Waals surface area contributed by atoms with E-state index in [1.165, 1.54) is 0 Å². The first-order valence-electron chi connectivity index (χ1n) is 8.39. The maximum atomic E-state index is 12.4. The molecule has 3 aromatic carbocycles. The Hall–Kier alpha value is -3.21. The molecular formula is C21H22N2O3. The molecule has 3 aromatic rings. The molecule has 0 heterocycles. The van der Waals surface area contributed by atoms with Gasteiger partial charge < -0.3 is 20.1 Å². The highest BCUT2D eigenvalue weighted by Gasteiger charge is 2.13. The van der Waals surface area contributed by atoms with Crippen molar-refractivity contribution in [3.8, 4) is 11.5 Å². The highest BCUT2D eigenvalue weighted by atomic mass is 16.5. The Morgan fingerprint density at radius 3 is 2.42 bits per heavy atom. The average Bonchev–Trinajstić information content (AvgIpc) is 2.67. The first kappa shape index (κ1) is 17.6. The highest BCUT2D eigenvalue weighted by Crippen LogP contribution is 2.30. The van der Waals surface area contributed by atoms with Crippen LogP contribution in [0.15, 0.2) is 60.7 Å². The van der Waals surface area contributed by atoms with Gasteiger partial charge in [0.2, 0.25) is 0 Å². The summed E-state index contributed by atoms with van der Waals surface area (Å²) in [6, 6.07) is 18.9. The summed E-state index contributed by atoms with van der Waals surface area (Å²) in [6.45, 7) is 1.92. The lowest BCUT2D eigenvalue weighted by Crippen LogP contribution is -2.31. The van der Waals surface area contributed by atoms with Crippen LogP contribution >= 0.6 is 0 Å². The van der Waals surface area contributed by atoms with E-state index in [9.17, 15) is 4.79 Å². The van der Waals surface area contributed by atoms with E-state index in [-0.39, 0.29) is 12.1 Å². The van der Waals surface area contributed by atoms with Crippen LogP contribution < -0.4 is 20.1 Å². The number of ether oxygens (including phenoxy) is 2. The summed E-state index contributed by atoms with van der Waals surface area (Å²) in [5.74, 6) is 1.29. The molecule has 0 aromatic heterocycles. The van der Waals surface area contributed by atoms with Gasteiger partial charge in [-0.25, -0.2) is 4.79 Å². The van der Waals surface area contributed by atoms with E-state index in [1.807, 2.05) is 67.6 Å². The molecule has 26 heavy (non-hydrogen) atoms. The summed E-state index contributed by atoms with van der Waals surface area (Å²) in [5, 5.41) is 7.97. The Balaban J connectivity index is 1.73. The average molecular weight is 350 g/mol. The molecule has 1 atom stereocenters. The SMILES string of the molecule is COc1ccc(C(C)NC(=O)Nc2cccc3ccccc23)cc1OC. The van der Waals surface area contributed by atoms with Crippen molar-refractivity contribution in [2.75, 3.05) is 19.5 Å². The molecule has 0 saturated carbocycles. The van der Waals surface area contributed by atoms with Crippen molar-refractivity contribution in [2.24, 2.45) is 0 Å². The van der Waals surface area contributed by atoms with E-state index >= 15 is 0 Å². The molecular weight excluding hydrogens is 328 g/mol. The molecule has 5 nitrogen and oxygen atoms in total. The molecule has 0 aliphatic rings. The van der Waals surface area contributed by atoms with Gasteiger partial charge in [0.15, 0.2) is 11.5 Å². The Morgan fingerprint density at radius 1 is 0.923 bits per heavy atom. The first-order chi connectivity index (χ1) is 12.6. The number of carbonyl (C=O) groups excluding carboxylic acids is 1. The number of benzene rings is 3. The molecule has 3 rings (SSSR count). The Kier molecular flexibility index (Phi) is 5.27. The lowest BCUT2D eigenvalue weighted by molar-refractivity contribution is 0.249. The van der Waals surface area contributed by atoms with Crippen LogP contribution in [-0.2, 0) is 0 Å². The molecule has 0 radical (unpaired) electrons. The van der Waals surface area contributed by atoms with Crippen molar-refractivity contribution >= 4 is 22.5 Å². The predicted octanol–water partition coefficient (Wildman–Crippen LogP) is 4.74. The first-order valence-corrected chi connectivity index (χ1v) is 8.39. The number of anilines is 1. The Labute approximate surface area is 152 Å². The summed E-state index contributed by atoms with van der Waals surface area (Å²) in [5.41, 5.74) is 1.70. The van der Waals surface area contributed by atoms with Crippen molar-refractivity contribution in [3.63, 3.8) is 0 Å². The minimum atomic E-state index is -0.261. The molecule has 0 spiro atoms. The third-order valence-electron chi connectivity index (χ3n) is 4.29.